The van der Waals surface area contributed by atoms with E-state index in [9.17, 15) is 14.4 Å². The van der Waals surface area contributed by atoms with Gasteiger partial charge in [0.1, 0.15) is 0 Å². The molecule has 0 aromatic carbocycles. The van der Waals surface area contributed by atoms with Gasteiger partial charge in [0, 0.05) is 38.4 Å². The van der Waals surface area contributed by atoms with Gasteiger partial charge in [-0.1, -0.05) is 0 Å². The molecule has 6 heteroatoms. The summed E-state index contributed by atoms with van der Waals surface area (Å²) in [7, 11) is 0. The third-order valence-corrected chi connectivity index (χ3v) is 3.38. The van der Waals surface area contributed by atoms with Crippen molar-refractivity contribution in [1.29, 1.82) is 0 Å². The fraction of sp³-hybridized carbons (Fsp3) is 0.750. The molecule has 0 unspecified atom stereocenters. The van der Waals surface area contributed by atoms with Crippen LogP contribution in [0.1, 0.15) is 32.1 Å². The van der Waals surface area contributed by atoms with Crippen molar-refractivity contribution >= 4 is 17.7 Å². The highest BCUT2D eigenvalue weighted by molar-refractivity contribution is 6.02. The molecule has 2 N–H and O–H groups in total. The van der Waals surface area contributed by atoms with Gasteiger partial charge in [-0.3, -0.25) is 19.3 Å². The fourth-order valence-corrected chi connectivity index (χ4v) is 2.36. The minimum Gasteiger partial charge on any atom is -0.352 e. The van der Waals surface area contributed by atoms with Gasteiger partial charge in [0.25, 0.3) is 0 Å². The summed E-state index contributed by atoms with van der Waals surface area (Å²) >= 11 is 0. The van der Waals surface area contributed by atoms with Crippen molar-refractivity contribution in [3.8, 4) is 0 Å². The number of hydrogen-bond acceptors (Lipinski definition) is 4. The van der Waals surface area contributed by atoms with E-state index < -0.39 is 0 Å². The first-order valence-electron chi connectivity index (χ1n) is 6.50. The minimum atomic E-state index is -0.160. The van der Waals surface area contributed by atoms with Crippen LogP contribution in [-0.2, 0) is 14.4 Å². The van der Waals surface area contributed by atoms with E-state index in [1.807, 2.05) is 0 Å². The van der Waals surface area contributed by atoms with Gasteiger partial charge in [0.15, 0.2) is 0 Å². The molecule has 2 aliphatic heterocycles. The monoisotopic (exact) mass is 253 g/mol. The molecule has 0 aliphatic carbocycles. The van der Waals surface area contributed by atoms with E-state index in [4.69, 9.17) is 0 Å². The molecule has 3 amide bonds. The number of amides is 3. The molecule has 0 aromatic heterocycles. The molecule has 2 aliphatic rings. The van der Waals surface area contributed by atoms with E-state index in [-0.39, 0.29) is 49.6 Å². The first kappa shape index (κ1) is 13.0. The van der Waals surface area contributed by atoms with Crippen molar-refractivity contribution in [2.24, 2.45) is 0 Å². The predicted molar refractivity (Wildman–Crippen MR) is 64.6 cm³/mol. The highest BCUT2D eigenvalue weighted by Gasteiger charge is 2.29. The SMILES string of the molecule is O=C(CCN1C(=O)CCC1=O)N[C@H]1CCCNC1. The van der Waals surface area contributed by atoms with Crippen LogP contribution in [0.3, 0.4) is 0 Å². The number of nitrogens with one attached hydrogen (secondary N) is 2. The largest absolute Gasteiger partial charge is 0.352 e. The molecule has 2 fully saturated rings. The molecule has 0 spiro atoms. The lowest BCUT2D eigenvalue weighted by atomic mass is 10.1. The summed E-state index contributed by atoms with van der Waals surface area (Å²) in [4.78, 5) is 35.6. The average Bonchev–Trinajstić information content (AvgIpc) is 2.68. The van der Waals surface area contributed by atoms with Crippen molar-refractivity contribution in [3.63, 3.8) is 0 Å². The molecule has 0 bridgehead atoms. The molecule has 100 valence electrons. The Bertz CT molecular complexity index is 334. The van der Waals surface area contributed by atoms with Gasteiger partial charge >= 0.3 is 0 Å². The Balaban J connectivity index is 1.71. The molecular weight excluding hydrogens is 234 g/mol. The Morgan fingerprint density at radius 1 is 1.33 bits per heavy atom. The van der Waals surface area contributed by atoms with Crippen LogP contribution in [0.4, 0.5) is 0 Å². The quantitative estimate of drug-likeness (QED) is 0.655. The number of piperidine rings is 1. The Kier molecular flexibility index (Phi) is 4.30. The highest BCUT2D eigenvalue weighted by Crippen LogP contribution is 2.11. The Labute approximate surface area is 106 Å². The Morgan fingerprint density at radius 2 is 2.06 bits per heavy atom. The molecule has 18 heavy (non-hydrogen) atoms. The first-order chi connectivity index (χ1) is 8.66. The average molecular weight is 253 g/mol. The van der Waals surface area contributed by atoms with Crippen molar-refractivity contribution < 1.29 is 14.4 Å². The normalized spacial score (nSPS) is 24.4. The van der Waals surface area contributed by atoms with E-state index in [1.54, 1.807) is 0 Å². The van der Waals surface area contributed by atoms with Gasteiger partial charge in [0.2, 0.25) is 17.7 Å². The summed E-state index contributed by atoms with van der Waals surface area (Å²) in [5.41, 5.74) is 0. The van der Waals surface area contributed by atoms with Crippen LogP contribution < -0.4 is 10.6 Å². The zero-order valence-corrected chi connectivity index (χ0v) is 10.4. The van der Waals surface area contributed by atoms with E-state index in [2.05, 4.69) is 10.6 Å². The number of carbonyl (C=O) groups is 3. The molecule has 2 saturated heterocycles. The van der Waals surface area contributed by atoms with Gasteiger partial charge in [0.05, 0.1) is 0 Å². The number of likely N-dealkylation sites (tertiary alicyclic amines) is 1. The van der Waals surface area contributed by atoms with Gasteiger partial charge in [-0.15, -0.1) is 0 Å². The Hall–Kier alpha value is -1.43. The maximum atomic E-state index is 11.7. The van der Waals surface area contributed by atoms with Crippen LogP contribution >= 0.6 is 0 Å². The number of nitrogens with zero attached hydrogens (tertiary/aromatic N) is 1. The van der Waals surface area contributed by atoms with E-state index in [0.717, 1.165) is 25.9 Å². The number of rotatable bonds is 4. The molecule has 0 saturated carbocycles. The summed E-state index contributed by atoms with van der Waals surface area (Å²) in [5.74, 6) is -0.407. The summed E-state index contributed by atoms with van der Waals surface area (Å²) in [6, 6.07) is 0.177. The third kappa shape index (κ3) is 3.29. The smallest absolute Gasteiger partial charge is 0.229 e. The number of carbonyl (C=O) groups excluding carboxylic acids is 3. The van der Waals surface area contributed by atoms with Crippen LogP contribution in [0.25, 0.3) is 0 Å². The third-order valence-electron chi connectivity index (χ3n) is 3.38. The second-order valence-corrected chi connectivity index (χ2v) is 4.80. The second-order valence-electron chi connectivity index (χ2n) is 4.80. The van der Waals surface area contributed by atoms with E-state index in [0.29, 0.717) is 0 Å². The van der Waals surface area contributed by atoms with Crippen molar-refractivity contribution in [3.05, 3.63) is 0 Å². The van der Waals surface area contributed by atoms with Crippen molar-refractivity contribution in [2.45, 2.75) is 38.1 Å². The van der Waals surface area contributed by atoms with Crippen LogP contribution in [0.15, 0.2) is 0 Å². The minimum absolute atomic E-state index is 0.0869. The van der Waals surface area contributed by atoms with Crippen LogP contribution in [0, 0.1) is 0 Å². The zero-order chi connectivity index (χ0) is 13.0. The van der Waals surface area contributed by atoms with E-state index >= 15 is 0 Å². The molecule has 1 atom stereocenters. The van der Waals surface area contributed by atoms with Gasteiger partial charge in [-0.25, -0.2) is 0 Å². The fourth-order valence-electron chi connectivity index (χ4n) is 2.36. The number of hydrogen-bond donors (Lipinski definition) is 2. The second kappa shape index (κ2) is 5.95. The lowest BCUT2D eigenvalue weighted by Gasteiger charge is -2.24. The summed E-state index contributed by atoms with van der Waals surface area (Å²) in [6.45, 7) is 2.01. The summed E-state index contributed by atoms with van der Waals surface area (Å²) in [5, 5.41) is 6.14. The highest BCUT2D eigenvalue weighted by atomic mass is 16.2. The molecular formula is C12H19N3O3. The van der Waals surface area contributed by atoms with Crippen LogP contribution in [-0.4, -0.2) is 48.3 Å². The van der Waals surface area contributed by atoms with E-state index in [1.165, 1.54) is 4.90 Å². The standard InChI is InChI=1S/C12H19N3O3/c16-10(14-9-2-1-6-13-8-9)5-7-15-11(17)3-4-12(15)18/h9,13H,1-8H2,(H,14,16)/t9-/m0/s1. The molecule has 6 nitrogen and oxygen atoms in total. The lowest BCUT2D eigenvalue weighted by molar-refractivity contribution is -0.138. The van der Waals surface area contributed by atoms with Gasteiger partial charge in [-0.2, -0.15) is 0 Å². The lowest BCUT2D eigenvalue weighted by Crippen LogP contribution is -2.46. The van der Waals surface area contributed by atoms with Crippen LogP contribution in [0.5, 0.6) is 0 Å². The first-order valence-corrected chi connectivity index (χ1v) is 6.50. The molecule has 0 radical (unpaired) electrons. The zero-order valence-electron chi connectivity index (χ0n) is 10.4. The maximum Gasteiger partial charge on any atom is 0.229 e. The summed E-state index contributed by atoms with van der Waals surface area (Å²) in [6.07, 6.45) is 2.82. The topological polar surface area (TPSA) is 78.5 Å². The number of imide groups is 1. The summed E-state index contributed by atoms with van der Waals surface area (Å²) < 4.78 is 0. The molecule has 2 heterocycles. The molecule has 0 aromatic rings. The van der Waals surface area contributed by atoms with Gasteiger partial charge < -0.3 is 10.6 Å². The van der Waals surface area contributed by atoms with Crippen molar-refractivity contribution in [1.82, 2.24) is 15.5 Å². The maximum absolute atomic E-state index is 11.7. The Morgan fingerprint density at radius 3 is 2.67 bits per heavy atom. The van der Waals surface area contributed by atoms with Crippen LogP contribution in [0.2, 0.25) is 0 Å². The van der Waals surface area contributed by atoms with Gasteiger partial charge in [-0.05, 0) is 19.4 Å². The molecule has 2 rings (SSSR count). The predicted octanol–water partition coefficient (Wildman–Crippen LogP) is -0.606. The van der Waals surface area contributed by atoms with Crippen molar-refractivity contribution in [2.75, 3.05) is 19.6 Å².